The highest BCUT2D eigenvalue weighted by molar-refractivity contribution is 6.04. The molecule has 0 bridgehead atoms. The van der Waals surface area contributed by atoms with Gasteiger partial charge in [0.2, 0.25) is 0 Å². The second-order valence-electron chi connectivity index (χ2n) is 4.34. The minimum absolute atomic E-state index is 0.0236. The Morgan fingerprint density at radius 3 is 2.75 bits per heavy atom. The quantitative estimate of drug-likeness (QED) is 0.701. The van der Waals surface area contributed by atoms with Crippen molar-refractivity contribution in [1.29, 1.82) is 0 Å². The van der Waals surface area contributed by atoms with Gasteiger partial charge in [0.05, 0.1) is 5.69 Å². The van der Waals surface area contributed by atoms with E-state index in [0.717, 1.165) is 5.39 Å². The second-order valence-corrected chi connectivity index (χ2v) is 4.34. The van der Waals surface area contributed by atoms with Gasteiger partial charge in [-0.3, -0.25) is 4.79 Å². The number of amides is 1. The van der Waals surface area contributed by atoms with Gasteiger partial charge >= 0.3 is 0 Å². The van der Waals surface area contributed by atoms with Gasteiger partial charge in [-0.05, 0) is 30.3 Å². The molecule has 1 amide bonds. The van der Waals surface area contributed by atoms with Gasteiger partial charge in [0.25, 0.3) is 5.91 Å². The predicted octanol–water partition coefficient (Wildman–Crippen LogP) is 3.41. The molecule has 0 unspecified atom stereocenters. The molecule has 0 fully saturated rings. The van der Waals surface area contributed by atoms with Crippen LogP contribution in [0.3, 0.4) is 0 Å². The van der Waals surface area contributed by atoms with Crippen molar-refractivity contribution < 1.29 is 13.6 Å². The molecule has 2 aromatic carbocycles. The summed E-state index contributed by atoms with van der Waals surface area (Å²) in [6, 6.07) is 12.8. The molecule has 0 radical (unpaired) electrons. The van der Waals surface area contributed by atoms with E-state index >= 15 is 0 Å². The first-order valence-electron chi connectivity index (χ1n) is 5.98. The van der Waals surface area contributed by atoms with E-state index in [2.05, 4.69) is 5.32 Å². The fourth-order valence-electron chi connectivity index (χ4n) is 1.92. The van der Waals surface area contributed by atoms with E-state index < -0.39 is 11.7 Å². The number of rotatable bonds is 2. The number of furan rings is 1. The zero-order valence-corrected chi connectivity index (χ0v) is 10.4. The molecule has 3 N–H and O–H groups in total. The average molecular weight is 270 g/mol. The Hall–Kier alpha value is -2.82. The zero-order chi connectivity index (χ0) is 14.1. The summed E-state index contributed by atoms with van der Waals surface area (Å²) in [4.78, 5) is 12.0. The lowest BCUT2D eigenvalue weighted by molar-refractivity contribution is 0.0998. The van der Waals surface area contributed by atoms with Crippen LogP contribution in [0.1, 0.15) is 10.6 Å². The minimum atomic E-state index is -0.552. The SMILES string of the molecule is Nc1ccc(F)c(NC(=O)c2cc3ccccc3o2)c1. The first-order valence-corrected chi connectivity index (χ1v) is 5.98. The molecule has 20 heavy (non-hydrogen) atoms. The van der Waals surface area contributed by atoms with Gasteiger partial charge in [0, 0.05) is 11.1 Å². The molecule has 0 atom stereocenters. The molecule has 0 aliphatic carbocycles. The zero-order valence-electron chi connectivity index (χ0n) is 10.4. The number of carbonyl (C=O) groups excluding carboxylic acids is 1. The molecule has 0 aliphatic rings. The third kappa shape index (κ3) is 2.21. The number of benzene rings is 2. The van der Waals surface area contributed by atoms with Crippen LogP contribution in [0, 0.1) is 5.82 Å². The monoisotopic (exact) mass is 270 g/mol. The van der Waals surface area contributed by atoms with Gasteiger partial charge < -0.3 is 15.5 Å². The number of hydrogen-bond acceptors (Lipinski definition) is 3. The molecule has 1 aromatic heterocycles. The summed E-state index contributed by atoms with van der Waals surface area (Å²) in [5, 5.41) is 3.25. The lowest BCUT2D eigenvalue weighted by atomic mass is 10.2. The van der Waals surface area contributed by atoms with Crippen molar-refractivity contribution in [3.05, 3.63) is 60.1 Å². The van der Waals surface area contributed by atoms with E-state index in [-0.39, 0.29) is 11.4 Å². The van der Waals surface area contributed by atoms with Crippen molar-refractivity contribution in [2.45, 2.75) is 0 Å². The fourth-order valence-corrected chi connectivity index (χ4v) is 1.92. The van der Waals surface area contributed by atoms with Crippen molar-refractivity contribution in [2.24, 2.45) is 0 Å². The summed E-state index contributed by atoms with van der Waals surface area (Å²) in [6.45, 7) is 0. The van der Waals surface area contributed by atoms with Crippen LogP contribution in [0.15, 0.2) is 52.9 Å². The summed E-state index contributed by atoms with van der Waals surface area (Å²) in [7, 11) is 0. The highest BCUT2D eigenvalue weighted by atomic mass is 19.1. The molecule has 0 saturated carbocycles. The highest BCUT2D eigenvalue weighted by Crippen LogP contribution is 2.22. The van der Waals surface area contributed by atoms with Crippen LogP contribution in [0.25, 0.3) is 11.0 Å². The van der Waals surface area contributed by atoms with Gasteiger partial charge in [-0.1, -0.05) is 18.2 Å². The lowest BCUT2D eigenvalue weighted by Gasteiger charge is -2.05. The second kappa shape index (κ2) is 4.70. The molecular formula is C15H11FN2O2. The van der Waals surface area contributed by atoms with Crippen molar-refractivity contribution in [3.8, 4) is 0 Å². The Bertz CT molecular complexity index is 762. The Morgan fingerprint density at radius 1 is 1.15 bits per heavy atom. The van der Waals surface area contributed by atoms with Crippen molar-refractivity contribution >= 4 is 28.3 Å². The Balaban J connectivity index is 1.90. The number of nitrogen functional groups attached to an aromatic ring is 1. The smallest absolute Gasteiger partial charge is 0.291 e. The topological polar surface area (TPSA) is 68.3 Å². The predicted molar refractivity (Wildman–Crippen MR) is 75.0 cm³/mol. The average Bonchev–Trinajstić information content (AvgIpc) is 2.87. The largest absolute Gasteiger partial charge is 0.451 e. The van der Waals surface area contributed by atoms with E-state index in [4.69, 9.17) is 10.2 Å². The maximum absolute atomic E-state index is 13.5. The van der Waals surface area contributed by atoms with Crippen molar-refractivity contribution in [3.63, 3.8) is 0 Å². The number of anilines is 2. The van der Waals surface area contributed by atoms with Crippen LogP contribution in [0.4, 0.5) is 15.8 Å². The molecule has 4 nitrogen and oxygen atoms in total. The van der Waals surface area contributed by atoms with Crippen LogP contribution in [0.2, 0.25) is 0 Å². The summed E-state index contributed by atoms with van der Waals surface area (Å²) in [5.41, 5.74) is 6.55. The van der Waals surface area contributed by atoms with Gasteiger partial charge in [-0.25, -0.2) is 4.39 Å². The number of nitrogens with one attached hydrogen (secondary N) is 1. The molecule has 100 valence electrons. The van der Waals surface area contributed by atoms with E-state index in [1.54, 1.807) is 12.1 Å². The van der Waals surface area contributed by atoms with Crippen LogP contribution in [0.5, 0.6) is 0 Å². The third-order valence-corrected chi connectivity index (χ3v) is 2.89. The molecule has 0 aliphatic heterocycles. The van der Waals surface area contributed by atoms with E-state index in [1.165, 1.54) is 18.2 Å². The highest BCUT2D eigenvalue weighted by Gasteiger charge is 2.14. The molecule has 3 rings (SSSR count). The van der Waals surface area contributed by atoms with Crippen molar-refractivity contribution in [2.75, 3.05) is 11.1 Å². The number of nitrogens with two attached hydrogens (primary N) is 1. The van der Waals surface area contributed by atoms with Gasteiger partial charge in [-0.2, -0.15) is 0 Å². The van der Waals surface area contributed by atoms with Crippen LogP contribution in [-0.2, 0) is 0 Å². The third-order valence-electron chi connectivity index (χ3n) is 2.89. The first kappa shape index (κ1) is 12.2. The van der Waals surface area contributed by atoms with Gasteiger partial charge in [0.1, 0.15) is 11.4 Å². The summed E-state index contributed by atoms with van der Waals surface area (Å²) < 4.78 is 19.0. The summed E-state index contributed by atoms with van der Waals surface area (Å²) in [5.74, 6) is -0.956. The van der Waals surface area contributed by atoms with Crippen LogP contribution >= 0.6 is 0 Å². The molecular weight excluding hydrogens is 259 g/mol. The van der Waals surface area contributed by atoms with E-state index in [1.807, 2.05) is 18.2 Å². The number of para-hydroxylation sites is 1. The van der Waals surface area contributed by atoms with Crippen LogP contribution < -0.4 is 11.1 Å². The number of fused-ring (bicyclic) bond motifs is 1. The maximum atomic E-state index is 13.5. The molecule has 5 heteroatoms. The Kier molecular flexibility index (Phi) is 2.87. The molecule has 0 saturated heterocycles. The van der Waals surface area contributed by atoms with E-state index in [9.17, 15) is 9.18 Å². The normalized spacial score (nSPS) is 10.7. The molecule has 0 spiro atoms. The van der Waals surface area contributed by atoms with Crippen molar-refractivity contribution in [1.82, 2.24) is 0 Å². The molecule has 3 aromatic rings. The van der Waals surface area contributed by atoms with Gasteiger partial charge in [0.15, 0.2) is 5.76 Å². The standard InChI is InChI=1S/C15H11FN2O2/c16-11-6-5-10(17)8-12(11)18-15(19)14-7-9-3-1-2-4-13(9)20-14/h1-8H,17H2,(H,18,19). The first-order chi connectivity index (χ1) is 9.63. The number of hydrogen-bond donors (Lipinski definition) is 2. The van der Waals surface area contributed by atoms with Crippen LogP contribution in [-0.4, -0.2) is 5.91 Å². The lowest BCUT2D eigenvalue weighted by Crippen LogP contribution is -2.12. The van der Waals surface area contributed by atoms with Gasteiger partial charge in [-0.15, -0.1) is 0 Å². The molecule has 1 heterocycles. The van der Waals surface area contributed by atoms with E-state index in [0.29, 0.717) is 11.3 Å². The summed E-state index contributed by atoms with van der Waals surface area (Å²) in [6.07, 6.45) is 0. The Labute approximate surface area is 114 Å². The number of carbonyl (C=O) groups is 1. The Morgan fingerprint density at radius 2 is 1.95 bits per heavy atom. The maximum Gasteiger partial charge on any atom is 0.291 e. The fraction of sp³-hybridized carbons (Fsp3) is 0. The number of halogens is 1. The minimum Gasteiger partial charge on any atom is -0.451 e. The summed E-state index contributed by atoms with van der Waals surface area (Å²) >= 11 is 0.